The molecule has 10 heteroatoms. The van der Waals surface area contributed by atoms with Gasteiger partial charge in [0.2, 0.25) is 0 Å². The van der Waals surface area contributed by atoms with E-state index in [1.807, 2.05) is 0 Å². The van der Waals surface area contributed by atoms with Gasteiger partial charge < -0.3 is 0 Å². The van der Waals surface area contributed by atoms with Crippen molar-refractivity contribution in [2.75, 3.05) is 4.72 Å². The Bertz CT molecular complexity index is 1010. The average molecular weight is 359 g/mol. The minimum atomic E-state index is -5.01. The number of nitrogens with one attached hydrogen (secondary N) is 2. The molecule has 0 spiro atoms. The number of benzene rings is 2. The van der Waals surface area contributed by atoms with E-state index in [-0.39, 0.29) is 11.9 Å². The molecular weight excluding hydrogens is 350 g/mol. The van der Waals surface area contributed by atoms with Gasteiger partial charge in [-0.1, -0.05) is 12.1 Å². The van der Waals surface area contributed by atoms with Gasteiger partial charge >= 0.3 is 6.18 Å². The maximum atomic E-state index is 13.3. The molecule has 5 nitrogen and oxygen atoms in total. The number of nitrogens with zero attached hydrogens (tertiary/aromatic N) is 1. The summed E-state index contributed by atoms with van der Waals surface area (Å²) in [7, 11) is -4.37. The van der Waals surface area contributed by atoms with Crippen LogP contribution in [-0.4, -0.2) is 18.6 Å². The van der Waals surface area contributed by atoms with Crippen LogP contribution in [0.25, 0.3) is 10.9 Å². The van der Waals surface area contributed by atoms with Crippen molar-refractivity contribution >= 4 is 26.7 Å². The molecule has 2 aromatic carbocycles. The van der Waals surface area contributed by atoms with E-state index in [0.717, 1.165) is 6.07 Å². The van der Waals surface area contributed by atoms with E-state index in [2.05, 4.69) is 14.9 Å². The lowest BCUT2D eigenvalue weighted by Gasteiger charge is -2.11. The number of alkyl halides is 3. The minimum absolute atomic E-state index is 0.0662. The minimum Gasteiger partial charge on any atom is -0.276 e. The van der Waals surface area contributed by atoms with E-state index >= 15 is 0 Å². The third-order valence-corrected chi connectivity index (χ3v) is 4.59. The molecule has 1 aromatic heterocycles. The fourth-order valence-electron chi connectivity index (χ4n) is 2.12. The van der Waals surface area contributed by atoms with Gasteiger partial charge in [0.05, 0.1) is 16.0 Å². The number of hydrogen-bond acceptors (Lipinski definition) is 3. The molecule has 0 aliphatic rings. The van der Waals surface area contributed by atoms with Gasteiger partial charge in [0.25, 0.3) is 10.0 Å². The van der Waals surface area contributed by atoms with Crippen molar-refractivity contribution in [1.82, 2.24) is 10.2 Å². The second kappa shape index (κ2) is 5.48. The van der Waals surface area contributed by atoms with E-state index in [1.165, 1.54) is 0 Å². The molecule has 0 fully saturated rings. The first kappa shape index (κ1) is 16.2. The largest absolute Gasteiger partial charge is 0.419 e. The second-order valence-electron chi connectivity index (χ2n) is 4.86. The molecule has 0 atom stereocenters. The first-order chi connectivity index (χ1) is 11.2. The molecule has 0 saturated heterocycles. The highest BCUT2D eigenvalue weighted by atomic mass is 32.2. The van der Waals surface area contributed by atoms with Gasteiger partial charge in [0, 0.05) is 5.39 Å². The van der Waals surface area contributed by atoms with Crippen LogP contribution in [0.5, 0.6) is 0 Å². The van der Waals surface area contributed by atoms with Crippen LogP contribution in [0.4, 0.5) is 23.4 Å². The van der Waals surface area contributed by atoms with Crippen molar-refractivity contribution in [1.29, 1.82) is 0 Å². The third kappa shape index (κ3) is 2.92. The molecule has 0 aliphatic carbocycles. The lowest BCUT2D eigenvalue weighted by atomic mass is 10.2. The van der Waals surface area contributed by atoms with Crippen LogP contribution in [0.1, 0.15) is 5.56 Å². The predicted molar refractivity (Wildman–Crippen MR) is 78.3 cm³/mol. The number of H-pyrrole nitrogens is 1. The third-order valence-electron chi connectivity index (χ3n) is 3.25. The van der Waals surface area contributed by atoms with Gasteiger partial charge in [-0.05, 0) is 30.3 Å². The first-order valence-corrected chi connectivity index (χ1v) is 7.99. The fraction of sp³-hybridized carbons (Fsp3) is 0.0714. The summed E-state index contributed by atoms with van der Waals surface area (Å²) in [6.45, 7) is 0. The topological polar surface area (TPSA) is 74.8 Å². The molecule has 0 bridgehead atoms. The summed E-state index contributed by atoms with van der Waals surface area (Å²) < 4.78 is 78.1. The van der Waals surface area contributed by atoms with Crippen LogP contribution in [0.2, 0.25) is 0 Å². The second-order valence-corrected chi connectivity index (χ2v) is 6.55. The quantitative estimate of drug-likeness (QED) is 0.703. The van der Waals surface area contributed by atoms with Crippen LogP contribution in [0.3, 0.4) is 0 Å². The van der Waals surface area contributed by atoms with Crippen molar-refractivity contribution in [2.24, 2.45) is 0 Å². The van der Waals surface area contributed by atoms with Crippen LogP contribution in [0, 0.1) is 5.82 Å². The van der Waals surface area contributed by atoms with Crippen molar-refractivity contribution in [3.8, 4) is 0 Å². The Hall–Kier alpha value is -2.62. The summed E-state index contributed by atoms with van der Waals surface area (Å²) in [4.78, 5) is -0.719. The Morgan fingerprint density at radius 2 is 1.79 bits per heavy atom. The zero-order valence-electron chi connectivity index (χ0n) is 11.7. The van der Waals surface area contributed by atoms with Crippen LogP contribution in [0.15, 0.2) is 47.4 Å². The van der Waals surface area contributed by atoms with Crippen molar-refractivity contribution in [2.45, 2.75) is 11.1 Å². The number of anilines is 1. The molecule has 24 heavy (non-hydrogen) atoms. The van der Waals surface area contributed by atoms with E-state index in [4.69, 9.17) is 0 Å². The standard InChI is InChI=1S/C14H9F4N3O2S/c15-11-6-5-8(7-10(11)14(16,17)18)24(22,23)21-13-9-3-1-2-4-12(9)19-20-13/h1-7H,(H2,19,20,21). The number of sulfonamides is 1. The number of para-hydroxylation sites is 1. The number of fused-ring (bicyclic) bond motifs is 1. The molecule has 0 unspecified atom stereocenters. The van der Waals surface area contributed by atoms with E-state index < -0.39 is 32.5 Å². The molecule has 0 amide bonds. The van der Waals surface area contributed by atoms with E-state index in [1.54, 1.807) is 24.3 Å². The van der Waals surface area contributed by atoms with Crippen LogP contribution >= 0.6 is 0 Å². The Balaban J connectivity index is 2.02. The SMILES string of the molecule is O=S(=O)(Nc1n[nH]c2ccccc12)c1ccc(F)c(C(F)(F)F)c1. The van der Waals surface area contributed by atoms with Crippen LogP contribution in [-0.2, 0) is 16.2 Å². The molecule has 126 valence electrons. The summed E-state index contributed by atoms with van der Waals surface area (Å²) in [6.07, 6.45) is -5.01. The highest BCUT2D eigenvalue weighted by molar-refractivity contribution is 7.92. The Kier molecular flexibility index (Phi) is 3.71. The maximum Gasteiger partial charge on any atom is 0.419 e. The summed E-state index contributed by atoms with van der Waals surface area (Å²) in [5.41, 5.74) is -1.11. The summed E-state index contributed by atoms with van der Waals surface area (Å²) in [5.74, 6) is -1.62. The number of rotatable bonds is 3. The molecule has 0 saturated carbocycles. The summed E-state index contributed by atoms with van der Waals surface area (Å²) >= 11 is 0. The van der Waals surface area contributed by atoms with Crippen molar-refractivity contribution < 1.29 is 26.0 Å². The highest BCUT2D eigenvalue weighted by Gasteiger charge is 2.35. The average Bonchev–Trinajstić information content (AvgIpc) is 2.89. The molecular formula is C14H9F4N3O2S. The molecule has 3 rings (SSSR count). The summed E-state index contributed by atoms with van der Waals surface area (Å²) in [6, 6.07) is 8.04. The Morgan fingerprint density at radius 1 is 1.08 bits per heavy atom. The van der Waals surface area contributed by atoms with E-state index in [9.17, 15) is 26.0 Å². The van der Waals surface area contributed by atoms with Gasteiger partial charge in [-0.25, -0.2) is 12.8 Å². The van der Waals surface area contributed by atoms with Crippen molar-refractivity contribution in [3.05, 3.63) is 53.8 Å². The molecule has 2 N–H and O–H groups in total. The zero-order valence-corrected chi connectivity index (χ0v) is 12.5. The summed E-state index contributed by atoms with van der Waals surface area (Å²) in [5, 5.41) is 6.82. The van der Waals surface area contributed by atoms with Gasteiger partial charge in [-0.15, -0.1) is 0 Å². The van der Waals surface area contributed by atoms with Crippen LogP contribution < -0.4 is 4.72 Å². The monoisotopic (exact) mass is 359 g/mol. The molecule has 0 aliphatic heterocycles. The normalized spacial score (nSPS) is 12.5. The molecule has 1 heterocycles. The highest BCUT2D eigenvalue weighted by Crippen LogP contribution is 2.33. The lowest BCUT2D eigenvalue weighted by molar-refractivity contribution is -0.140. The van der Waals surface area contributed by atoms with Gasteiger partial charge in [-0.2, -0.15) is 18.3 Å². The number of aromatic amines is 1. The number of halogens is 4. The smallest absolute Gasteiger partial charge is 0.276 e. The Labute approximate surface area is 133 Å². The maximum absolute atomic E-state index is 13.3. The lowest BCUT2D eigenvalue weighted by Crippen LogP contribution is -2.16. The number of hydrogen-bond donors (Lipinski definition) is 2. The van der Waals surface area contributed by atoms with Crippen molar-refractivity contribution in [3.63, 3.8) is 0 Å². The Morgan fingerprint density at radius 3 is 2.50 bits per heavy atom. The van der Waals surface area contributed by atoms with Gasteiger partial charge in [0.1, 0.15) is 5.82 Å². The number of aromatic nitrogens is 2. The van der Waals surface area contributed by atoms with E-state index in [0.29, 0.717) is 17.0 Å². The first-order valence-electron chi connectivity index (χ1n) is 6.51. The predicted octanol–water partition coefficient (Wildman–Crippen LogP) is 3.52. The van der Waals surface area contributed by atoms with Gasteiger partial charge in [-0.3, -0.25) is 9.82 Å². The fourth-order valence-corrected chi connectivity index (χ4v) is 3.16. The molecule has 0 radical (unpaired) electrons. The molecule has 3 aromatic rings. The van der Waals surface area contributed by atoms with Gasteiger partial charge in [0.15, 0.2) is 5.82 Å². The zero-order chi connectivity index (χ0) is 17.5.